The lowest BCUT2D eigenvalue weighted by Crippen LogP contribution is -2.21. The zero-order valence-electron chi connectivity index (χ0n) is 14.3. The van der Waals surface area contributed by atoms with Crippen molar-refractivity contribution in [3.8, 4) is 11.5 Å². The van der Waals surface area contributed by atoms with Crippen molar-refractivity contribution in [1.82, 2.24) is 0 Å². The molecule has 2 aromatic rings. The van der Waals surface area contributed by atoms with Crippen molar-refractivity contribution in [2.75, 3.05) is 25.6 Å². The Labute approximate surface area is 146 Å². The number of para-hydroxylation sites is 2. The molecule has 0 atom stereocenters. The van der Waals surface area contributed by atoms with Crippen LogP contribution < -0.4 is 14.8 Å². The first kappa shape index (κ1) is 18.3. The van der Waals surface area contributed by atoms with Crippen LogP contribution in [-0.2, 0) is 20.7 Å². The zero-order valence-corrected chi connectivity index (χ0v) is 14.3. The van der Waals surface area contributed by atoms with Gasteiger partial charge in [-0.3, -0.25) is 9.59 Å². The molecule has 0 saturated heterocycles. The van der Waals surface area contributed by atoms with Crippen LogP contribution in [0.3, 0.4) is 0 Å². The van der Waals surface area contributed by atoms with Gasteiger partial charge in [-0.15, -0.1) is 0 Å². The molecule has 2 rings (SSSR count). The number of amides is 1. The molecular formula is C19H21NO5. The van der Waals surface area contributed by atoms with Crippen LogP contribution in [0.15, 0.2) is 48.5 Å². The minimum absolute atomic E-state index is 0.0916. The molecule has 1 amide bonds. The van der Waals surface area contributed by atoms with Crippen LogP contribution in [0.25, 0.3) is 0 Å². The van der Waals surface area contributed by atoms with Gasteiger partial charge in [-0.05, 0) is 36.8 Å². The molecule has 6 nitrogen and oxygen atoms in total. The average Bonchev–Trinajstić information content (AvgIpc) is 2.62. The number of nitrogens with one attached hydrogen (secondary N) is 1. The highest BCUT2D eigenvalue weighted by Crippen LogP contribution is 2.22. The third kappa shape index (κ3) is 5.84. The monoisotopic (exact) mass is 343 g/mol. The summed E-state index contributed by atoms with van der Waals surface area (Å²) in [6, 6.07) is 14.2. The lowest BCUT2D eigenvalue weighted by atomic mass is 10.1. The fourth-order valence-corrected chi connectivity index (χ4v) is 2.17. The number of anilines is 1. The lowest BCUT2D eigenvalue weighted by Gasteiger charge is -2.10. The van der Waals surface area contributed by atoms with E-state index >= 15 is 0 Å². The summed E-state index contributed by atoms with van der Waals surface area (Å²) in [6.07, 6.45) is 0.0916. The van der Waals surface area contributed by atoms with Crippen LogP contribution in [0.2, 0.25) is 0 Å². The molecule has 0 aliphatic rings. The maximum atomic E-state index is 11.9. The van der Waals surface area contributed by atoms with Crippen molar-refractivity contribution >= 4 is 17.6 Å². The van der Waals surface area contributed by atoms with Crippen LogP contribution in [-0.4, -0.2) is 32.2 Å². The molecule has 0 heterocycles. The van der Waals surface area contributed by atoms with E-state index in [1.807, 2.05) is 6.92 Å². The van der Waals surface area contributed by atoms with Crippen LogP contribution in [0, 0.1) is 0 Å². The second-order valence-corrected chi connectivity index (χ2v) is 5.16. The van der Waals surface area contributed by atoms with Gasteiger partial charge in [-0.25, -0.2) is 0 Å². The molecule has 0 aliphatic heterocycles. The number of carbonyl (C=O) groups is 2. The quantitative estimate of drug-likeness (QED) is 0.746. The van der Waals surface area contributed by atoms with Gasteiger partial charge in [0.15, 0.2) is 6.61 Å². The largest absolute Gasteiger partial charge is 0.495 e. The molecule has 0 aliphatic carbocycles. The highest BCUT2D eigenvalue weighted by atomic mass is 16.5. The van der Waals surface area contributed by atoms with E-state index < -0.39 is 11.9 Å². The van der Waals surface area contributed by atoms with E-state index in [2.05, 4.69) is 5.32 Å². The van der Waals surface area contributed by atoms with Crippen molar-refractivity contribution < 1.29 is 23.8 Å². The topological polar surface area (TPSA) is 73.9 Å². The summed E-state index contributed by atoms with van der Waals surface area (Å²) < 4.78 is 15.5. The number of esters is 1. The van der Waals surface area contributed by atoms with Crippen LogP contribution >= 0.6 is 0 Å². The lowest BCUT2D eigenvalue weighted by molar-refractivity contribution is -0.146. The highest BCUT2D eigenvalue weighted by molar-refractivity contribution is 5.94. The summed E-state index contributed by atoms with van der Waals surface area (Å²) in [7, 11) is 1.52. The first-order chi connectivity index (χ1) is 12.1. The maximum absolute atomic E-state index is 11.9. The van der Waals surface area contributed by atoms with Gasteiger partial charge in [-0.2, -0.15) is 0 Å². The predicted octanol–water partition coefficient (Wildman–Crippen LogP) is 2.82. The van der Waals surface area contributed by atoms with Crippen molar-refractivity contribution in [2.24, 2.45) is 0 Å². The summed E-state index contributed by atoms with van der Waals surface area (Å²) >= 11 is 0. The Morgan fingerprint density at radius 2 is 1.76 bits per heavy atom. The first-order valence-corrected chi connectivity index (χ1v) is 7.92. The van der Waals surface area contributed by atoms with Gasteiger partial charge in [0.25, 0.3) is 5.91 Å². The van der Waals surface area contributed by atoms with Crippen molar-refractivity contribution in [2.45, 2.75) is 13.3 Å². The molecule has 0 saturated carbocycles. The fourth-order valence-electron chi connectivity index (χ4n) is 2.17. The van der Waals surface area contributed by atoms with E-state index in [4.69, 9.17) is 14.2 Å². The number of benzene rings is 2. The van der Waals surface area contributed by atoms with Crippen molar-refractivity contribution in [1.29, 1.82) is 0 Å². The van der Waals surface area contributed by atoms with Gasteiger partial charge >= 0.3 is 5.97 Å². The first-order valence-electron chi connectivity index (χ1n) is 7.92. The molecule has 0 radical (unpaired) electrons. The van der Waals surface area contributed by atoms with E-state index in [1.54, 1.807) is 48.5 Å². The Hall–Kier alpha value is -3.02. The molecule has 0 unspecified atom stereocenters. The number of ether oxygens (including phenoxy) is 3. The van der Waals surface area contributed by atoms with Crippen LogP contribution in [0.5, 0.6) is 11.5 Å². The van der Waals surface area contributed by atoms with Gasteiger partial charge < -0.3 is 19.5 Å². The maximum Gasteiger partial charge on any atom is 0.310 e. The second-order valence-electron chi connectivity index (χ2n) is 5.16. The fraction of sp³-hybridized carbons (Fsp3) is 0.263. The van der Waals surface area contributed by atoms with Gasteiger partial charge in [0, 0.05) is 0 Å². The van der Waals surface area contributed by atoms with E-state index in [0.717, 1.165) is 11.3 Å². The third-order valence-corrected chi connectivity index (χ3v) is 3.33. The molecule has 0 spiro atoms. The van der Waals surface area contributed by atoms with Gasteiger partial charge in [-0.1, -0.05) is 24.3 Å². The molecule has 0 bridgehead atoms. The normalized spacial score (nSPS) is 10.0. The van der Waals surface area contributed by atoms with Crippen LogP contribution in [0.1, 0.15) is 12.5 Å². The highest BCUT2D eigenvalue weighted by Gasteiger charge is 2.11. The summed E-state index contributed by atoms with van der Waals surface area (Å²) in [5.41, 5.74) is 1.32. The third-order valence-electron chi connectivity index (χ3n) is 3.33. The molecule has 0 aromatic heterocycles. The number of hydrogen-bond acceptors (Lipinski definition) is 5. The average molecular weight is 343 g/mol. The Bertz CT molecular complexity index is 712. The number of hydrogen-bond donors (Lipinski definition) is 1. The Kier molecular flexibility index (Phi) is 6.83. The van der Waals surface area contributed by atoms with Gasteiger partial charge in [0.2, 0.25) is 0 Å². The van der Waals surface area contributed by atoms with Crippen LogP contribution in [0.4, 0.5) is 5.69 Å². The SMILES string of the molecule is CCOc1ccc(CC(=O)OCC(=O)Nc2ccccc2OC)cc1. The minimum atomic E-state index is -0.473. The van der Waals surface area contributed by atoms with E-state index in [-0.39, 0.29) is 13.0 Å². The molecule has 1 N–H and O–H groups in total. The Morgan fingerprint density at radius 1 is 1.04 bits per heavy atom. The molecular weight excluding hydrogens is 322 g/mol. The van der Waals surface area contributed by atoms with E-state index in [1.165, 1.54) is 7.11 Å². The summed E-state index contributed by atoms with van der Waals surface area (Å²) in [4.78, 5) is 23.7. The standard InChI is InChI=1S/C19H21NO5/c1-3-24-15-10-8-14(9-11-15)12-19(22)25-13-18(21)20-16-6-4-5-7-17(16)23-2/h4-11H,3,12-13H2,1-2H3,(H,20,21). The molecule has 0 fully saturated rings. The Balaban J connectivity index is 1.80. The Morgan fingerprint density at radius 3 is 2.44 bits per heavy atom. The van der Waals surface area contributed by atoms with Crippen molar-refractivity contribution in [3.05, 3.63) is 54.1 Å². The van der Waals surface area contributed by atoms with Gasteiger partial charge in [0.05, 0.1) is 25.8 Å². The molecule has 6 heteroatoms. The van der Waals surface area contributed by atoms with E-state index in [9.17, 15) is 9.59 Å². The predicted molar refractivity (Wildman–Crippen MR) is 93.9 cm³/mol. The number of rotatable bonds is 8. The summed E-state index contributed by atoms with van der Waals surface area (Å²) in [6.45, 7) is 2.14. The smallest absolute Gasteiger partial charge is 0.310 e. The minimum Gasteiger partial charge on any atom is -0.495 e. The molecule has 2 aromatic carbocycles. The van der Waals surface area contributed by atoms with Gasteiger partial charge in [0.1, 0.15) is 11.5 Å². The number of methoxy groups -OCH3 is 1. The van der Waals surface area contributed by atoms with Crippen molar-refractivity contribution in [3.63, 3.8) is 0 Å². The van der Waals surface area contributed by atoms with E-state index in [0.29, 0.717) is 18.0 Å². The molecule has 132 valence electrons. The molecule has 25 heavy (non-hydrogen) atoms. The number of carbonyl (C=O) groups excluding carboxylic acids is 2. The zero-order chi connectivity index (χ0) is 18.1. The summed E-state index contributed by atoms with van der Waals surface area (Å²) in [5, 5.41) is 2.64. The summed E-state index contributed by atoms with van der Waals surface area (Å²) in [5.74, 6) is 0.385. The second kappa shape index (κ2) is 9.32.